The van der Waals surface area contributed by atoms with Crippen LogP contribution in [0.3, 0.4) is 0 Å². The number of piperidine rings is 2. The molecule has 0 aliphatic carbocycles. The molecule has 0 saturated carbocycles. The van der Waals surface area contributed by atoms with Crippen molar-refractivity contribution in [1.29, 1.82) is 0 Å². The summed E-state index contributed by atoms with van der Waals surface area (Å²) < 4.78 is 10.6. The Labute approximate surface area is 220 Å². The van der Waals surface area contributed by atoms with E-state index in [1.165, 1.54) is 11.1 Å². The second kappa shape index (κ2) is 12.1. The number of ether oxygens (including phenoxy) is 2. The van der Waals surface area contributed by atoms with Crippen LogP contribution in [-0.4, -0.2) is 84.6 Å². The fourth-order valence-electron chi connectivity index (χ4n) is 5.38. The predicted octanol–water partition coefficient (Wildman–Crippen LogP) is 3.62. The monoisotopic (exact) mass is 508 g/mol. The molecule has 7 nitrogen and oxygen atoms in total. The summed E-state index contributed by atoms with van der Waals surface area (Å²) in [7, 11) is 3.16. The molecule has 2 N–H and O–H groups in total. The third-order valence-corrected chi connectivity index (χ3v) is 7.95. The molecule has 1 amide bonds. The molecule has 0 aromatic heterocycles. The van der Waals surface area contributed by atoms with E-state index in [0.29, 0.717) is 49.9 Å². The molecule has 2 aromatic rings. The number of β-amino-alcohol motifs (C(OH)–C–C–N with tert-alkyl or cyclic N) is 1. The molecule has 2 fully saturated rings. The maximum Gasteiger partial charge on any atom is 0.246 e. The van der Waals surface area contributed by atoms with E-state index in [1.54, 1.807) is 37.3 Å². The molecule has 0 radical (unpaired) electrons. The second-order valence-electron chi connectivity index (χ2n) is 10.4. The highest BCUT2D eigenvalue weighted by Gasteiger charge is 2.40. The molecule has 2 aromatic carbocycles. The quantitative estimate of drug-likeness (QED) is 0.530. The number of methoxy groups -OCH3 is 2. The van der Waals surface area contributed by atoms with Crippen molar-refractivity contribution in [2.45, 2.75) is 50.2 Å². The number of aliphatic hydroxyl groups excluding tert-OH is 1. The lowest BCUT2D eigenvalue weighted by atomic mass is 9.84. The van der Waals surface area contributed by atoms with Crippen molar-refractivity contribution in [1.82, 2.24) is 9.80 Å². The van der Waals surface area contributed by atoms with E-state index in [1.807, 2.05) is 12.1 Å². The minimum Gasteiger partial charge on any atom is -0.493 e. The zero-order valence-corrected chi connectivity index (χ0v) is 22.2. The van der Waals surface area contributed by atoms with Crippen molar-refractivity contribution in [2.75, 3.05) is 46.9 Å². The number of carbonyl (C=O) groups excluding carboxylic acids is 1. The maximum absolute atomic E-state index is 12.7. The van der Waals surface area contributed by atoms with Gasteiger partial charge in [0, 0.05) is 25.7 Å². The zero-order chi connectivity index (χ0) is 26.4. The summed E-state index contributed by atoms with van der Waals surface area (Å²) in [4.78, 5) is 16.7. The summed E-state index contributed by atoms with van der Waals surface area (Å²) >= 11 is 0. The Morgan fingerprint density at radius 3 is 2.30 bits per heavy atom. The predicted molar refractivity (Wildman–Crippen MR) is 145 cm³/mol. The maximum atomic E-state index is 12.7. The highest BCUT2D eigenvalue weighted by Crippen LogP contribution is 2.31. The molecule has 1 atom stereocenters. The number of aliphatic hydroxyl groups is 2. The second-order valence-corrected chi connectivity index (χ2v) is 10.4. The third-order valence-electron chi connectivity index (χ3n) is 7.95. The van der Waals surface area contributed by atoms with Gasteiger partial charge in [0.25, 0.3) is 0 Å². The van der Waals surface area contributed by atoms with Gasteiger partial charge < -0.3 is 29.5 Å². The van der Waals surface area contributed by atoms with Crippen LogP contribution >= 0.6 is 0 Å². The van der Waals surface area contributed by atoms with E-state index in [0.717, 1.165) is 31.5 Å². The van der Waals surface area contributed by atoms with Gasteiger partial charge in [0.2, 0.25) is 5.91 Å². The summed E-state index contributed by atoms with van der Waals surface area (Å²) in [5.74, 6) is 1.69. The lowest BCUT2D eigenvalue weighted by molar-refractivity contribution is -0.140. The van der Waals surface area contributed by atoms with Gasteiger partial charge in [-0.1, -0.05) is 35.9 Å². The zero-order valence-electron chi connectivity index (χ0n) is 22.2. The Morgan fingerprint density at radius 1 is 1.03 bits per heavy atom. The van der Waals surface area contributed by atoms with Crippen molar-refractivity contribution in [2.24, 2.45) is 0 Å². The van der Waals surface area contributed by atoms with Crippen LogP contribution in [0.15, 0.2) is 48.5 Å². The molecule has 2 aliphatic heterocycles. The first-order valence-electron chi connectivity index (χ1n) is 13.2. The van der Waals surface area contributed by atoms with E-state index >= 15 is 0 Å². The molecule has 1 unspecified atom stereocenters. The van der Waals surface area contributed by atoms with Gasteiger partial charge in [-0.2, -0.15) is 0 Å². The van der Waals surface area contributed by atoms with E-state index in [9.17, 15) is 15.0 Å². The molecule has 2 heterocycles. The SMILES string of the molecule is COc1ccc(/C=C/C(=O)N2CCC(O)(C(O)CN3CCC(c4ccc(C)cc4)CC3)CC2)cc1OC. The Kier molecular flexibility index (Phi) is 8.90. The molecule has 0 bridgehead atoms. The molecule has 0 spiro atoms. The topological polar surface area (TPSA) is 82.5 Å². The lowest BCUT2D eigenvalue weighted by Gasteiger charge is -2.43. The fourth-order valence-corrected chi connectivity index (χ4v) is 5.38. The van der Waals surface area contributed by atoms with Gasteiger partial charge in [-0.25, -0.2) is 0 Å². The number of aryl methyl sites for hydroxylation is 1. The van der Waals surface area contributed by atoms with Gasteiger partial charge in [-0.05, 0) is 81.0 Å². The number of amides is 1. The first-order valence-corrected chi connectivity index (χ1v) is 13.2. The van der Waals surface area contributed by atoms with Crippen molar-refractivity contribution in [3.8, 4) is 11.5 Å². The largest absolute Gasteiger partial charge is 0.493 e. The van der Waals surface area contributed by atoms with Gasteiger partial charge >= 0.3 is 0 Å². The highest BCUT2D eigenvalue weighted by molar-refractivity contribution is 5.92. The summed E-state index contributed by atoms with van der Waals surface area (Å²) in [6, 6.07) is 14.3. The number of likely N-dealkylation sites (tertiary alicyclic amines) is 2. The van der Waals surface area contributed by atoms with Crippen LogP contribution in [0.1, 0.15) is 48.3 Å². The number of benzene rings is 2. The summed E-state index contributed by atoms with van der Waals surface area (Å²) in [5, 5.41) is 22.1. The van der Waals surface area contributed by atoms with Gasteiger partial charge in [0.1, 0.15) is 0 Å². The van der Waals surface area contributed by atoms with Crippen molar-refractivity contribution >= 4 is 12.0 Å². The first-order chi connectivity index (χ1) is 17.8. The highest BCUT2D eigenvalue weighted by atomic mass is 16.5. The van der Waals surface area contributed by atoms with Crippen molar-refractivity contribution in [3.05, 3.63) is 65.2 Å². The van der Waals surface area contributed by atoms with E-state index in [-0.39, 0.29) is 5.91 Å². The normalized spacial score (nSPS) is 19.6. The van der Waals surface area contributed by atoms with Crippen LogP contribution in [-0.2, 0) is 4.79 Å². The number of hydrogen-bond acceptors (Lipinski definition) is 6. The fraction of sp³-hybridized carbons (Fsp3) is 0.500. The van der Waals surface area contributed by atoms with Gasteiger partial charge in [0.15, 0.2) is 11.5 Å². The van der Waals surface area contributed by atoms with E-state index in [2.05, 4.69) is 36.1 Å². The van der Waals surface area contributed by atoms with Crippen LogP contribution in [0.2, 0.25) is 0 Å². The van der Waals surface area contributed by atoms with Gasteiger partial charge in [-0.15, -0.1) is 0 Å². The van der Waals surface area contributed by atoms with Gasteiger partial charge in [-0.3, -0.25) is 4.79 Å². The minimum atomic E-state index is -1.17. The molecule has 200 valence electrons. The molecule has 7 heteroatoms. The molecular weight excluding hydrogens is 468 g/mol. The van der Waals surface area contributed by atoms with Crippen LogP contribution in [0, 0.1) is 6.92 Å². The summed E-state index contributed by atoms with van der Waals surface area (Å²) in [6.45, 7) is 5.23. The number of hydrogen-bond donors (Lipinski definition) is 2. The smallest absolute Gasteiger partial charge is 0.246 e. The third kappa shape index (κ3) is 6.72. The number of nitrogens with zero attached hydrogens (tertiary/aromatic N) is 2. The van der Waals surface area contributed by atoms with E-state index < -0.39 is 11.7 Å². The minimum absolute atomic E-state index is 0.107. The van der Waals surface area contributed by atoms with Crippen LogP contribution in [0.4, 0.5) is 0 Å². The lowest BCUT2D eigenvalue weighted by Crippen LogP contribution is -2.56. The molecular formula is C30H40N2O5. The van der Waals surface area contributed by atoms with Crippen LogP contribution in [0.25, 0.3) is 6.08 Å². The molecule has 2 aliphatic rings. The molecule has 4 rings (SSSR count). The van der Waals surface area contributed by atoms with Crippen molar-refractivity contribution in [3.63, 3.8) is 0 Å². The Bertz CT molecular complexity index is 1070. The average molecular weight is 509 g/mol. The Balaban J connectivity index is 1.24. The first kappa shape index (κ1) is 27.2. The van der Waals surface area contributed by atoms with Gasteiger partial charge in [0.05, 0.1) is 25.9 Å². The summed E-state index contributed by atoms with van der Waals surface area (Å²) in [6.07, 6.45) is 5.31. The van der Waals surface area contributed by atoms with E-state index in [4.69, 9.17) is 9.47 Å². The standard InChI is InChI=1S/C30H40N2O5/c1-22-4-8-24(9-5-22)25-12-16-31(17-13-25)21-28(33)30(35)14-18-32(19-15-30)29(34)11-7-23-6-10-26(36-2)27(20-23)37-3/h4-11,20,25,28,33,35H,12-19,21H2,1-3H3/b11-7+. The van der Waals surface area contributed by atoms with Crippen LogP contribution in [0.5, 0.6) is 11.5 Å². The average Bonchev–Trinajstić information content (AvgIpc) is 2.92. The molecule has 2 saturated heterocycles. The summed E-state index contributed by atoms with van der Waals surface area (Å²) in [5.41, 5.74) is 2.33. The van der Waals surface area contributed by atoms with Crippen molar-refractivity contribution < 1.29 is 24.5 Å². The molecule has 37 heavy (non-hydrogen) atoms. The number of carbonyl (C=O) groups is 1. The Morgan fingerprint density at radius 2 is 1.68 bits per heavy atom. The number of rotatable bonds is 8. The Hall–Kier alpha value is -2.87. The van der Waals surface area contributed by atoms with Crippen LogP contribution < -0.4 is 9.47 Å².